The summed E-state index contributed by atoms with van der Waals surface area (Å²) in [5, 5.41) is 8.48. The zero-order chi connectivity index (χ0) is 13.1. The summed E-state index contributed by atoms with van der Waals surface area (Å²) in [6.45, 7) is 0. The van der Waals surface area contributed by atoms with Crippen molar-refractivity contribution in [2.45, 2.75) is 19.0 Å². The fourth-order valence-corrected chi connectivity index (χ4v) is 1.34. The summed E-state index contributed by atoms with van der Waals surface area (Å²) < 4.78 is 42.3. The molecule has 0 unspecified atom stereocenters. The highest BCUT2D eigenvalue weighted by molar-refractivity contribution is 5.67. The van der Waals surface area contributed by atoms with E-state index in [1.54, 1.807) is 0 Å². The lowest BCUT2D eigenvalue weighted by molar-refractivity contribution is -0.138. The molecule has 1 aromatic carbocycles. The molecule has 0 saturated heterocycles. The van der Waals surface area contributed by atoms with Crippen molar-refractivity contribution in [3.05, 3.63) is 29.3 Å². The smallest absolute Gasteiger partial charge is 0.416 e. The molecule has 0 atom stereocenters. The first kappa shape index (κ1) is 13.3. The number of aryl methyl sites for hydroxylation is 1. The highest BCUT2D eigenvalue weighted by atomic mass is 19.4. The molecule has 0 aliphatic heterocycles. The van der Waals surface area contributed by atoms with Gasteiger partial charge in [0.05, 0.1) is 12.7 Å². The van der Waals surface area contributed by atoms with Gasteiger partial charge in [-0.1, -0.05) is 0 Å². The largest absolute Gasteiger partial charge is 0.497 e. The number of carboxylic acids is 1. The number of alkyl halides is 3. The number of hydrogen-bond donors (Lipinski definition) is 1. The molecule has 0 aliphatic rings. The molecule has 0 fully saturated rings. The molecule has 0 aromatic heterocycles. The molecule has 3 nitrogen and oxygen atoms in total. The van der Waals surface area contributed by atoms with Crippen molar-refractivity contribution >= 4 is 5.97 Å². The van der Waals surface area contributed by atoms with Crippen LogP contribution in [0.2, 0.25) is 0 Å². The van der Waals surface area contributed by atoms with Gasteiger partial charge in [0.25, 0.3) is 0 Å². The van der Waals surface area contributed by atoms with Crippen LogP contribution in [0.15, 0.2) is 18.2 Å². The number of aliphatic carboxylic acids is 1. The Labute approximate surface area is 95.8 Å². The number of rotatable bonds is 4. The number of methoxy groups -OCH3 is 1. The Bertz CT molecular complexity index is 413. The predicted molar refractivity (Wildman–Crippen MR) is 54.0 cm³/mol. The van der Waals surface area contributed by atoms with Gasteiger partial charge >= 0.3 is 12.1 Å². The molecule has 1 aromatic rings. The Morgan fingerprint density at radius 2 is 2.00 bits per heavy atom. The molecule has 0 spiro atoms. The Morgan fingerprint density at radius 1 is 1.35 bits per heavy atom. The van der Waals surface area contributed by atoms with Gasteiger partial charge in [0.15, 0.2) is 0 Å². The van der Waals surface area contributed by atoms with Crippen LogP contribution in [-0.4, -0.2) is 18.2 Å². The fourth-order valence-electron chi connectivity index (χ4n) is 1.34. The molecule has 0 radical (unpaired) electrons. The van der Waals surface area contributed by atoms with Gasteiger partial charge in [-0.2, -0.15) is 13.2 Å². The lowest BCUT2D eigenvalue weighted by Gasteiger charge is -2.11. The van der Waals surface area contributed by atoms with Gasteiger partial charge in [0, 0.05) is 6.42 Å². The fraction of sp³-hybridized carbons (Fsp3) is 0.364. The van der Waals surface area contributed by atoms with Crippen LogP contribution in [0.3, 0.4) is 0 Å². The molecule has 1 N–H and O–H groups in total. The van der Waals surface area contributed by atoms with E-state index in [1.807, 2.05) is 0 Å². The van der Waals surface area contributed by atoms with E-state index in [1.165, 1.54) is 13.2 Å². The average molecular weight is 248 g/mol. The molecule has 0 amide bonds. The van der Waals surface area contributed by atoms with Gasteiger partial charge in [-0.15, -0.1) is 0 Å². The second-order valence-electron chi connectivity index (χ2n) is 3.46. The standard InChI is InChI=1S/C11H11F3O3/c1-17-9-5-7(2-3-10(15)16)4-8(6-9)11(12,13)14/h4-6H,2-3H2,1H3,(H,15,16). The molecule has 0 aliphatic carbocycles. The normalized spacial score (nSPS) is 11.3. The van der Waals surface area contributed by atoms with E-state index in [2.05, 4.69) is 0 Å². The Balaban J connectivity index is 3.01. The summed E-state index contributed by atoms with van der Waals surface area (Å²) >= 11 is 0. The van der Waals surface area contributed by atoms with Gasteiger partial charge in [-0.3, -0.25) is 4.79 Å². The van der Waals surface area contributed by atoms with E-state index in [-0.39, 0.29) is 18.6 Å². The van der Waals surface area contributed by atoms with Gasteiger partial charge < -0.3 is 9.84 Å². The van der Waals surface area contributed by atoms with Gasteiger partial charge in [-0.25, -0.2) is 0 Å². The third-order valence-electron chi connectivity index (χ3n) is 2.16. The first-order valence-electron chi connectivity index (χ1n) is 4.80. The second-order valence-corrected chi connectivity index (χ2v) is 3.46. The first-order chi connectivity index (χ1) is 7.82. The van der Waals surface area contributed by atoms with Crippen LogP contribution in [0.5, 0.6) is 5.75 Å². The number of benzene rings is 1. The third kappa shape index (κ3) is 3.97. The molecule has 94 valence electrons. The van der Waals surface area contributed by atoms with Crippen molar-refractivity contribution < 1.29 is 27.8 Å². The Kier molecular flexibility index (Phi) is 3.98. The van der Waals surface area contributed by atoms with Crippen molar-refractivity contribution in [1.82, 2.24) is 0 Å². The molecule has 1 rings (SSSR count). The van der Waals surface area contributed by atoms with E-state index in [0.717, 1.165) is 12.1 Å². The van der Waals surface area contributed by atoms with Crippen LogP contribution in [0, 0.1) is 0 Å². The summed E-state index contributed by atoms with van der Waals surface area (Å²) in [5.74, 6) is -0.985. The highest BCUT2D eigenvalue weighted by Crippen LogP contribution is 2.32. The van der Waals surface area contributed by atoms with Crippen LogP contribution in [0.1, 0.15) is 17.5 Å². The minimum Gasteiger partial charge on any atom is -0.497 e. The molecule has 6 heteroatoms. The summed E-state index contributed by atoms with van der Waals surface area (Å²) in [4.78, 5) is 10.4. The van der Waals surface area contributed by atoms with Gasteiger partial charge in [-0.05, 0) is 30.2 Å². The van der Waals surface area contributed by atoms with Crippen molar-refractivity contribution in [2.24, 2.45) is 0 Å². The number of carbonyl (C=O) groups is 1. The van der Waals surface area contributed by atoms with E-state index in [0.29, 0.717) is 5.56 Å². The second kappa shape index (κ2) is 5.07. The minimum atomic E-state index is -4.47. The first-order valence-corrected chi connectivity index (χ1v) is 4.80. The van der Waals surface area contributed by atoms with Crippen molar-refractivity contribution in [2.75, 3.05) is 7.11 Å². The monoisotopic (exact) mass is 248 g/mol. The van der Waals surface area contributed by atoms with Crippen molar-refractivity contribution in [3.8, 4) is 5.75 Å². The maximum atomic E-state index is 12.5. The maximum absolute atomic E-state index is 12.5. The lowest BCUT2D eigenvalue weighted by atomic mass is 10.1. The van der Waals surface area contributed by atoms with E-state index in [9.17, 15) is 18.0 Å². The third-order valence-corrected chi connectivity index (χ3v) is 2.16. The van der Waals surface area contributed by atoms with E-state index >= 15 is 0 Å². The van der Waals surface area contributed by atoms with Crippen LogP contribution >= 0.6 is 0 Å². The number of ether oxygens (including phenoxy) is 1. The van der Waals surface area contributed by atoms with Gasteiger partial charge in [0.2, 0.25) is 0 Å². The van der Waals surface area contributed by atoms with E-state index in [4.69, 9.17) is 9.84 Å². The summed E-state index contributed by atoms with van der Waals surface area (Å²) in [6, 6.07) is 3.22. The maximum Gasteiger partial charge on any atom is 0.416 e. The minimum absolute atomic E-state index is 0.0373. The zero-order valence-electron chi connectivity index (χ0n) is 9.04. The van der Waals surface area contributed by atoms with Crippen molar-refractivity contribution in [1.29, 1.82) is 0 Å². The molecule has 0 heterocycles. The molecular weight excluding hydrogens is 237 g/mol. The highest BCUT2D eigenvalue weighted by Gasteiger charge is 2.31. The number of carboxylic acid groups (broad SMARTS) is 1. The van der Waals surface area contributed by atoms with Crippen molar-refractivity contribution in [3.63, 3.8) is 0 Å². The van der Waals surface area contributed by atoms with Crippen LogP contribution in [-0.2, 0) is 17.4 Å². The zero-order valence-corrected chi connectivity index (χ0v) is 9.04. The summed E-state index contributed by atoms with van der Waals surface area (Å²) in [6.07, 6.45) is -4.65. The van der Waals surface area contributed by atoms with Crippen LogP contribution in [0.25, 0.3) is 0 Å². The van der Waals surface area contributed by atoms with E-state index < -0.39 is 17.7 Å². The topological polar surface area (TPSA) is 46.5 Å². The number of hydrogen-bond acceptors (Lipinski definition) is 2. The Morgan fingerprint density at radius 3 is 2.47 bits per heavy atom. The summed E-state index contributed by atoms with van der Waals surface area (Å²) in [5.41, 5.74) is -0.545. The molecule has 0 bridgehead atoms. The van der Waals surface area contributed by atoms with Crippen LogP contribution < -0.4 is 4.74 Å². The Hall–Kier alpha value is -1.72. The summed E-state index contributed by atoms with van der Waals surface area (Å²) in [7, 11) is 1.26. The van der Waals surface area contributed by atoms with Gasteiger partial charge in [0.1, 0.15) is 5.75 Å². The molecule has 0 saturated carbocycles. The SMILES string of the molecule is COc1cc(CCC(=O)O)cc(C(F)(F)F)c1. The van der Waals surface area contributed by atoms with Crippen LogP contribution in [0.4, 0.5) is 13.2 Å². The predicted octanol–water partition coefficient (Wildman–Crippen LogP) is 2.73. The average Bonchev–Trinajstić information content (AvgIpc) is 2.24. The lowest BCUT2D eigenvalue weighted by Crippen LogP contribution is -2.07. The quantitative estimate of drug-likeness (QED) is 0.891. The molecule has 17 heavy (non-hydrogen) atoms. The molecular formula is C11H11F3O3. The number of halogens is 3.